The molecule has 1 aliphatic heterocycles. The van der Waals surface area contributed by atoms with Gasteiger partial charge in [-0.05, 0) is 42.3 Å². The predicted octanol–water partition coefficient (Wildman–Crippen LogP) is 5.27. The van der Waals surface area contributed by atoms with Crippen LogP contribution in [0.3, 0.4) is 0 Å². The lowest BCUT2D eigenvalue weighted by atomic mass is 10.0. The molecule has 20 heavy (non-hydrogen) atoms. The Labute approximate surface area is 125 Å². The molecule has 0 saturated carbocycles. The Bertz CT molecular complexity index is 648. The SMILES string of the molecule is Fc1cccc(NC2CCSc3ccc(Cl)cc32)c1F. The summed E-state index contributed by atoms with van der Waals surface area (Å²) in [6, 6.07) is 9.80. The first-order chi connectivity index (χ1) is 9.65. The lowest BCUT2D eigenvalue weighted by Crippen LogP contribution is -2.17. The standard InChI is InChI=1S/C15H12ClF2NS/c16-9-4-5-14-10(8-9)12(6-7-20-14)19-13-3-1-2-11(17)15(13)18/h1-5,8,12,19H,6-7H2. The molecule has 0 radical (unpaired) electrons. The van der Waals surface area contributed by atoms with Crippen molar-refractivity contribution < 1.29 is 8.78 Å². The maximum Gasteiger partial charge on any atom is 0.181 e. The van der Waals surface area contributed by atoms with Crippen LogP contribution in [0.4, 0.5) is 14.5 Å². The Kier molecular flexibility index (Phi) is 3.85. The fourth-order valence-electron chi connectivity index (χ4n) is 2.32. The van der Waals surface area contributed by atoms with Crippen LogP contribution in [-0.4, -0.2) is 5.75 Å². The van der Waals surface area contributed by atoms with Crippen molar-refractivity contribution in [1.29, 1.82) is 0 Å². The Morgan fingerprint density at radius 3 is 2.90 bits per heavy atom. The maximum absolute atomic E-state index is 13.7. The average Bonchev–Trinajstić information content (AvgIpc) is 2.44. The highest BCUT2D eigenvalue weighted by molar-refractivity contribution is 7.99. The molecule has 0 fully saturated rings. The van der Waals surface area contributed by atoms with E-state index in [0.717, 1.165) is 28.7 Å². The molecule has 104 valence electrons. The molecule has 2 aromatic rings. The third-order valence-electron chi connectivity index (χ3n) is 3.29. The molecule has 1 aliphatic rings. The number of anilines is 1. The van der Waals surface area contributed by atoms with E-state index in [2.05, 4.69) is 5.32 Å². The van der Waals surface area contributed by atoms with Crippen LogP contribution in [0.5, 0.6) is 0 Å². The van der Waals surface area contributed by atoms with Gasteiger partial charge in [-0.2, -0.15) is 0 Å². The van der Waals surface area contributed by atoms with Crippen molar-refractivity contribution >= 4 is 29.1 Å². The topological polar surface area (TPSA) is 12.0 Å². The molecule has 0 spiro atoms. The molecule has 1 nitrogen and oxygen atoms in total. The van der Waals surface area contributed by atoms with Crippen molar-refractivity contribution in [2.45, 2.75) is 17.4 Å². The normalized spacial score (nSPS) is 17.6. The van der Waals surface area contributed by atoms with E-state index >= 15 is 0 Å². The van der Waals surface area contributed by atoms with Gasteiger partial charge in [-0.25, -0.2) is 8.78 Å². The third-order valence-corrected chi connectivity index (χ3v) is 4.65. The van der Waals surface area contributed by atoms with Gasteiger partial charge in [-0.15, -0.1) is 11.8 Å². The van der Waals surface area contributed by atoms with Gasteiger partial charge in [0.15, 0.2) is 11.6 Å². The van der Waals surface area contributed by atoms with E-state index in [9.17, 15) is 8.78 Å². The lowest BCUT2D eigenvalue weighted by molar-refractivity contribution is 0.509. The van der Waals surface area contributed by atoms with Crippen molar-refractivity contribution in [2.75, 3.05) is 11.1 Å². The largest absolute Gasteiger partial charge is 0.376 e. The van der Waals surface area contributed by atoms with E-state index in [4.69, 9.17) is 11.6 Å². The van der Waals surface area contributed by atoms with Crippen LogP contribution in [0.25, 0.3) is 0 Å². The highest BCUT2D eigenvalue weighted by Gasteiger charge is 2.22. The summed E-state index contributed by atoms with van der Waals surface area (Å²) in [6.45, 7) is 0. The van der Waals surface area contributed by atoms with Gasteiger partial charge in [0, 0.05) is 15.7 Å². The molecule has 0 amide bonds. The van der Waals surface area contributed by atoms with Crippen molar-refractivity contribution in [2.24, 2.45) is 0 Å². The predicted molar refractivity (Wildman–Crippen MR) is 79.5 cm³/mol. The van der Waals surface area contributed by atoms with Gasteiger partial charge < -0.3 is 5.32 Å². The van der Waals surface area contributed by atoms with Crippen LogP contribution >= 0.6 is 23.4 Å². The number of hydrogen-bond donors (Lipinski definition) is 1. The summed E-state index contributed by atoms with van der Waals surface area (Å²) in [6.07, 6.45) is 0.841. The molecule has 1 unspecified atom stereocenters. The van der Waals surface area contributed by atoms with Crippen LogP contribution in [0.2, 0.25) is 5.02 Å². The summed E-state index contributed by atoms with van der Waals surface area (Å²) in [4.78, 5) is 1.13. The molecule has 2 aromatic carbocycles. The number of rotatable bonds is 2. The van der Waals surface area contributed by atoms with Gasteiger partial charge in [0.1, 0.15) is 0 Å². The number of hydrogen-bond acceptors (Lipinski definition) is 2. The van der Waals surface area contributed by atoms with Gasteiger partial charge in [0.2, 0.25) is 0 Å². The zero-order chi connectivity index (χ0) is 14.1. The van der Waals surface area contributed by atoms with Crippen molar-refractivity contribution in [3.8, 4) is 0 Å². The van der Waals surface area contributed by atoms with Crippen molar-refractivity contribution in [3.63, 3.8) is 0 Å². The number of thioether (sulfide) groups is 1. The molecule has 1 N–H and O–H groups in total. The molecule has 1 heterocycles. The highest BCUT2D eigenvalue weighted by Crippen LogP contribution is 2.39. The number of halogens is 3. The summed E-state index contributed by atoms with van der Waals surface area (Å²) in [5.74, 6) is -0.746. The van der Waals surface area contributed by atoms with Gasteiger partial charge in [-0.3, -0.25) is 0 Å². The van der Waals surface area contributed by atoms with Crippen LogP contribution in [0.15, 0.2) is 41.3 Å². The highest BCUT2D eigenvalue weighted by atomic mass is 35.5. The molecule has 0 bridgehead atoms. The van der Waals surface area contributed by atoms with E-state index in [1.807, 2.05) is 18.2 Å². The molecule has 1 atom stereocenters. The first-order valence-electron chi connectivity index (χ1n) is 6.28. The fraction of sp³-hybridized carbons (Fsp3) is 0.200. The number of nitrogens with one attached hydrogen (secondary N) is 1. The monoisotopic (exact) mass is 311 g/mol. The van der Waals surface area contributed by atoms with Gasteiger partial charge >= 0.3 is 0 Å². The molecule has 5 heteroatoms. The molecular formula is C15H12ClF2NS. The van der Waals surface area contributed by atoms with Crippen molar-refractivity contribution in [1.82, 2.24) is 0 Å². The minimum atomic E-state index is -0.841. The zero-order valence-corrected chi connectivity index (χ0v) is 12.1. The Hall–Kier alpha value is -1.26. The van der Waals surface area contributed by atoms with E-state index < -0.39 is 11.6 Å². The Morgan fingerprint density at radius 2 is 2.05 bits per heavy atom. The molecule has 0 saturated heterocycles. The summed E-state index contributed by atoms with van der Waals surface area (Å²) in [5, 5.41) is 3.74. The van der Waals surface area contributed by atoms with Crippen LogP contribution < -0.4 is 5.32 Å². The Morgan fingerprint density at radius 1 is 1.20 bits per heavy atom. The van der Waals surface area contributed by atoms with Crippen molar-refractivity contribution in [3.05, 3.63) is 58.6 Å². The van der Waals surface area contributed by atoms with Crippen LogP contribution in [-0.2, 0) is 0 Å². The van der Waals surface area contributed by atoms with Crippen LogP contribution in [0.1, 0.15) is 18.0 Å². The molecule has 3 rings (SSSR count). The first kappa shape index (κ1) is 13.7. The van der Waals surface area contributed by atoms with Gasteiger partial charge in [-0.1, -0.05) is 17.7 Å². The first-order valence-corrected chi connectivity index (χ1v) is 7.64. The average molecular weight is 312 g/mol. The summed E-state index contributed by atoms with van der Waals surface area (Å²) >= 11 is 7.78. The zero-order valence-electron chi connectivity index (χ0n) is 10.5. The maximum atomic E-state index is 13.7. The summed E-state index contributed by atoms with van der Waals surface area (Å²) < 4.78 is 27.0. The minimum Gasteiger partial charge on any atom is -0.376 e. The van der Waals surface area contributed by atoms with Gasteiger partial charge in [0.05, 0.1) is 11.7 Å². The van der Waals surface area contributed by atoms with Crippen LogP contribution in [0, 0.1) is 11.6 Å². The van der Waals surface area contributed by atoms with Gasteiger partial charge in [0.25, 0.3) is 0 Å². The molecular weight excluding hydrogens is 300 g/mol. The summed E-state index contributed by atoms with van der Waals surface area (Å²) in [7, 11) is 0. The number of fused-ring (bicyclic) bond motifs is 1. The second-order valence-electron chi connectivity index (χ2n) is 4.62. The Balaban J connectivity index is 1.93. The van der Waals surface area contributed by atoms with E-state index in [1.165, 1.54) is 6.07 Å². The minimum absolute atomic E-state index is 0.0544. The smallest absolute Gasteiger partial charge is 0.181 e. The third kappa shape index (κ3) is 2.63. The number of benzene rings is 2. The molecule has 0 aromatic heterocycles. The summed E-state index contributed by atoms with van der Waals surface area (Å²) in [5.41, 5.74) is 1.23. The molecule has 0 aliphatic carbocycles. The second-order valence-corrected chi connectivity index (χ2v) is 6.19. The van der Waals surface area contributed by atoms with E-state index in [1.54, 1.807) is 17.8 Å². The quantitative estimate of drug-likeness (QED) is 0.811. The van der Waals surface area contributed by atoms with E-state index in [0.29, 0.717) is 5.02 Å². The second kappa shape index (κ2) is 5.62. The lowest BCUT2D eigenvalue weighted by Gasteiger charge is -2.27. The van der Waals surface area contributed by atoms with E-state index in [-0.39, 0.29) is 11.7 Å². The fourth-order valence-corrected chi connectivity index (χ4v) is 3.60.